The van der Waals surface area contributed by atoms with Crippen LogP contribution in [-0.2, 0) is 0 Å². The van der Waals surface area contributed by atoms with Crippen molar-refractivity contribution in [3.63, 3.8) is 0 Å². The molecule has 0 saturated carbocycles. The van der Waals surface area contributed by atoms with E-state index in [1.54, 1.807) is 6.08 Å². The van der Waals surface area contributed by atoms with Crippen LogP contribution in [0.25, 0.3) is 11.1 Å². The van der Waals surface area contributed by atoms with Crippen molar-refractivity contribution in [1.82, 2.24) is 0 Å². The zero-order valence-electron chi connectivity index (χ0n) is 21.9. The average Bonchev–Trinajstić information content (AvgIpc) is 2.90. The molecule has 0 aliphatic carbocycles. The molecule has 3 aromatic rings. The molecule has 3 rings (SSSR count). The van der Waals surface area contributed by atoms with Gasteiger partial charge in [0, 0.05) is 17.1 Å². The van der Waals surface area contributed by atoms with Crippen molar-refractivity contribution in [2.24, 2.45) is 5.92 Å². The standard InChI is InChI=1S/C32H33N.C2H6/c1-6-12-26(8-3)27-16-20-31(21-17-27)33(30-14-10-9-11-15-30)32-22-18-28(19-23-32)29(13-7-2)24-25(4)5;1-2/h6-25H,1,3H2,2,4-5H3;1-2H3/b13-7-,26-12+,29-24+;. The Morgan fingerprint density at radius 2 is 1.20 bits per heavy atom. The highest BCUT2D eigenvalue weighted by molar-refractivity contribution is 5.81. The molecule has 3 aromatic carbocycles. The highest BCUT2D eigenvalue weighted by Crippen LogP contribution is 2.35. The highest BCUT2D eigenvalue weighted by Gasteiger charge is 2.13. The van der Waals surface area contributed by atoms with Gasteiger partial charge in [-0.25, -0.2) is 0 Å². The van der Waals surface area contributed by atoms with Crippen LogP contribution in [0.3, 0.4) is 0 Å². The molecule has 35 heavy (non-hydrogen) atoms. The first-order valence-corrected chi connectivity index (χ1v) is 12.4. The summed E-state index contributed by atoms with van der Waals surface area (Å²) in [7, 11) is 0. The van der Waals surface area contributed by atoms with Gasteiger partial charge in [-0.3, -0.25) is 0 Å². The second-order valence-electron chi connectivity index (χ2n) is 8.19. The van der Waals surface area contributed by atoms with Gasteiger partial charge >= 0.3 is 0 Å². The second kappa shape index (κ2) is 14.4. The van der Waals surface area contributed by atoms with E-state index >= 15 is 0 Å². The molecular formula is C34H39N. The Hall–Kier alpha value is -3.84. The number of hydrogen-bond donors (Lipinski definition) is 0. The van der Waals surface area contributed by atoms with Crippen LogP contribution in [0.2, 0.25) is 0 Å². The van der Waals surface area contributed by atoms with Gasteiger partial charge in [-0.2, -0.15) is 0 Å². The van der Waals surface area contributed by atoms with Crippen LogP contribution in [0.1, 0.15) is 45.7 Å². The van der Waals surface area contributed by atoms with Gasteiger partial charge in [-0.05, 0) is 71.5 Å². The summed E-state index contributed by atoms with van der Waals surface area (Å²) in [4.78, 5) is 2.28. The maximum atomic E-state index is 3.93. The molecular weight excluding hydrogens is 422 g/mol. The van der Waals surface area contributed by atoms with Crippen LogP contribution in [0.15, 0.2) is 128 Å². The van der Waals surface area contributed by atoms with E-state index in [4.69, 9.17) is 0 Å². The summed E-state index contributed by atoms with van der Waals surface area (Å²) in [5, 5.41) is 0. The Kier molecular flexibility index (Phi) is 11.3. The lowest BCUT2D eigenvalue weighted by molar-refractivity contribution is 0.834. The molecule has 0 heterocycles. The average molecular weight is 462 g/mol. The molecule has 0 N–H and O–H groups in total. The molecule has 0 atom stereocenters. The first-order chi connectivity index (χ1) is 17.1. The summed E-state index contributed by atoms with van der Waals surface area (Å²) in [6.45, 7) is 18.2. The van der Waals surface area contributed by atoms with E-state index in [1.165, 1.54) is 11.1 Å². The summed E-state index contributed by atoms with van der Waals surface area (Å²) in [6.07, 6.45) is 12.2. The fourth-order valence-corrected chi connectivity index (χ4v) is 3.83. The van der Waals surface area contributed by atoms with Crippen LogP contribution in [0.5, 0.6) is 0 Å². The third-order valence-corrected chi connectivity index (χ3v) is 5.31. The number of allylic oxidation sites excluding steroid dienone is 8. The molecule has 0 bridgehead atoms. The molecule has 0 aliphatic heterocycles. The van der Waals surface area contributed by atoms with Gasteiger partial charge in [-0.15, -0.1) is 0 Å². The molecule has 0 amide bonds. The third kappa shape index (κ3) is 7.58. The van der Waals surface area contributed by atoms with Crippen molar-refractivity contribution < 1.29 is 0 Å². The molecule has 0 unspecified atom stereocenters. The summed E-state index contributed by atoms with van der Waals surface area (Å²) in [6, 6.07) is 27.8. The molecule has 0 fully saturated rings. The number of para-hydroxylation sites is 1. The maximum Gasteiger partial charge on any atom is 0.0462 e. The summed E-state index contributed by atoms with van der Waals surface area (Å²) in [5.74, 6) is 0.491. The number of rotatable bonds is 9. The topological polar surface area (TPSA) is 3.24 Å². The zero-order valence-corrected chi connectivity index (χ0v) is 21.9. The molecule has 0 aromatic heterocycles. The molecule has 0 saturated heterocycles. The number of nitrogens with zero attached hydrogens (tertiary/aromatic N) is 1. The van der Waals surface area contributed by atoms with Crippen LogP contribution < -0.4 is 4.90 Å². The van der Waals surface area contributed by atoms with Crippen molar-refractivity contribution >= 4 is 28.2 Å². The number of anilines is 3. The van der Waals surface area contributed by atoms with Gasteiger partial charge in [0.05, 0.1) is 0 Å². The van der Waals surface area contributed by atoms with E-state index in [-0.39, 0.29) is 0 Å². The number of benzene rings is 3. The summed E-state index contributed by atoms with van der Waals surface area (Å²) in [5.41, 5.74) is 7.99. The Morgan fingerprint density at radius 3 is 1.63 bits per heavy atom. The monoisotopic (exact) mass is 461 g/mol. The van der Waals surface area contributed by atoms with Gasteiger partial charge in [0.2, 0.25) is 0 Å². The summed E-state index contributed by atoms with van der Waals surface area (Å²) >= 11 is 0. The Labute approximate surface area is 213 Å². The van der Waals surface area contributed by atoms with Crippen molar-refractivity contribution in [2.45, 2.75) is 34.6 Å². The largest absolute Gasteiger partial charge is 0.311 e. The normalized spacial score (nSPS) is 11.7. The first-order valence-electron chi connectivity index (χ1n) is 12.4. The lowest BCUT2D eigenvalue weighted by Crippen LogP contribution is -2.09. The van der Waals surface area contributed by atoms with E-state index < -0.39 is 0 Å². The minimum absolute atomic E-state index is 0.491. The van der Waals surface area contributed by atoms with Crippen molar-refractivity contribution in [2.75, 3.05) is 4.90 Å². The van der Waals surface area contributed by atoms with E-state index in [1.807, 2.05) is 32.1 Å². The first kappa shape index (κ1) is 27.4. The lowest BCUT2D eigenvalue weighted by atomic mass is 10.0. The molecule has 0 spiro atoms. The second-order valence-corrected chi connectivity index (χ2v) is 8.19. The smallest absolute Gasteiger partial charge is 0.0462 e. The van der Waals surface area contributed by atoms with Gasteiger partial charge in [0.25, 0.3) is 0 Å². The highest BCUT2D eigenvalue weighted by atomic mass is 15.1. The van der Waals surface area contributed by atoms with E-state index in [9.17, 15) is 0 Å². The zero-order chi connectivity index (χ0) is 25.6. The molecule has 1 nitrogen and oxygen atoms in total. The minimum atomic E-state index is 0.491. The van der Waals surface area contributed by atoms with Gasteiger partial charge in [-0.1, -0.05) is 120 Å². The fourth-order valence-electron chi connectivity index (χ4n) is 3.83. The van der Waals surface area contributed by atoms with Crippen molar-refractivity contribution in [3.05, 3.63) is 140 Å². The Morgan fingerprint density at radius 1 is 0.714 bits per heavy atom. The predicted octanol–water partition coefficient (Wildman–Crippen LogP) is 10.6. The van der Waals surface area contributed by atoms with E-state index in [0.29, 0.717) is 5.92 Å². The molecule has 0 radical (unpaired) electrons. The third-order valence-electron chi connectivity index (χ3n) is 5.31. The molecule has 180 valence electrons. The fraction of sp³-hybridized carbons (Fsp3) is 0.176. The van der Waals surface area contributed by atoms with E-state index in [0.717, 1.165) is 28.2 Å². The van der Waals surface area contributed by atoms with E-state index in [2.05, 4.69) is 130 Å². The van der Waals surface area contributed by atoms with Crippen LogP contribution in [0.4, 0.5) is 17.1 Å². The van der Waals surface area contributed by atoms with Crippen LogP contribution in [0, 0.1) is 5.92 Å². The Bertz CT molecular complexity index is 1140. The Balaban J connectivity index is 0.00000210. The summed E-state index contributed by atoms with van der Waals surface area (Å²) < 4.78 is 0. The van der Waals surface area contributed by atoms with Crippen LogP contribution >= 0.6 is 0 Å². The predicted molar refractivity (Wildman–Crippen MR) is 158 cm³/mol. The van der Waals surface area contributed by atoms with Crippen LogP contribution in [-0.4, -0.2) is 0 Å². The SMILES string of the molecule is C=C/C=C(\C=C)c1ccc(N(c2ccccc2)c2ccc(C(/C=C\C)=C/C(C)C)cc2)cc1.CC. The minimum Gasteiger partial charge on any atom is -0.311 e. The number of hydrogen-bond acceptors (Lipinski definition) is 1. The van der Waals surface area contributed by atoms with Crippen molar-refractivity contribution in [1.29, 1.82) is 0 Å². The van der Waals surface area contributed by atoms with Gasteiger partial charge < -0.3 is 4.90 Å². The lowest BCUT2D eigenvalue weighted by Gasteiger charge is -2.26. The van der Waals surface area contributed by atoms with Gasteiger partial charge in [0.1, 0.15) is 0 Å². The maximum absolute atomic E-state index is 3.93. The van der Waals surface area contributed by atoms with Crippen molar-refractivity contribution in [3.8, 4) is 0 Å². The molecule has 0 aliphatic rings. The molecule has 1 heteroatoms. The van der Waals surface area contributed by atoms with Gasteiger partial charge in [0.15, 0.2) is 0 Å². The quantitative estimate of drug-likeness (QED) is 0.286.